The minimum atomic E-state index is -0.197. The molecule has 0 bridgehead atoms. The molecular weight excluding hydrogens is 358 g/mol. The van der Waals surface area contributed by atoms with Gasteiger partial charge in [0, 0.05) is 16.0 Å². The standard InChI is InChI=1S/C21H20ClN5/c1-21(2,3)20-23-17(14-9-5-4-6-10-14)18-19(24-20)27(26-25-18)13-15-11-7-8-12-16(15)22/h4-12H,13H2,1-3H3. The van der Waals surface area contributed by atoms with Crippen LogP contribution in [0.3, 0.4) is 0 Å². The van der Waals surface area contributed by atoms with Gasteiger partial charge in [-0.05, 0) is 11.6 Å². The predicted molar refractivity (Wildman–Crippen MR) is 108 cm³/mol. The smallest absolute Gasteiger partial charge is 0.182 e. The summed E-state index contributed by atoms with van der Waals surface area (Å²) >= 11 is 6.33. The van der Waals surface area contributed by atoms with Crippen molar-refractivity contribution in [2.45, 2.75) is 32.7 Å². The zero-order chi connectivity index (χ0) is 19.0. The number of halogens is 1. The van der Waals surface area contributed by atoms with Crippen LogP contribution in [0.4, 0.5) is 0 Å². The highest BCUT2D eigenvalue weighted by Gasteiger charge is 2.23. The Kier molecular flexibility index (Phi) is 4.40. The highest BCUT2D eigenvalue weighted by molar-refractivity contribution is 6.31. The average Bonchev–Trinajstić information content (AvgIpc) is 3.06. The molecule has 136 valence electrons. The van der Waals surface area contributed by atoms with Crippen molar-refractivity contribution < 1.29 is 0 Å². The number of rotatable bonds is 3. The van der Waals surface area contributed by atoms with Crippen LogP contribution in [0.25, 0.3) is 22.4 Å². The summed E-state index contributed by atoms with van der Waals surface area (Å²) in [7, 11) is 0. The zero-order valence-electron chi connectivity index (χ0n) is 15.5. The first-order valence-electron chi connectivity index (χ1n) is 8.84. The summed E-state index contributed by atoms with van der Waals surface area (Å²) in [5.74, 6) is 0.761. The van der Waals surface area contributed by atoms with Crippen LogP contribution in [-0.2, 0) is 12.0 Å². The van der Waals surface area contributed by atoms with E-state index in [1.54, 1.807) is 4.68 Å². The second kappa shape index (κ2) is 6.74. The van der Waals surface area contributed by atoms with Crippen molar-refractivity contribution in [2.75, 3.05) is 0 Å². The number of nitrogens with zero attached hydrogens (tertiary/aromatic N) is 5. The van der Waals surface area contributed by atoms with Crippen molar-refractivity contribution in [1.29, 1.82) is 0 Å². The van der Waals surface area contributed by atoms with Crippen molar-refractivity contribution in [3.05, 3.63) is 71.0 Å². The topological polar surface area (TPSA) is 56.5 Å². The molecule has 2 aromatic carbocycles. The van der Waals surface area contributed by atoms with Gasteiger partial charge in [-0.1, -0.05) is 86.1 Å². The maximum atomic E-state index is 6.33. The van der Waals surface area contributed by atoms with Crippen molar-refractivity contribution in [2.24, 2.45) is 0 Å². The van der Waals surface area contributed by atoms with Crippen LogP contribution in [0.15, 0.2) is 54.6 Å². The fourth-order valence-corrected chi connectivity index (χ4v) is 3.08. The third kappa shape index (κ3) is 3.43. The Bertz CT molecular complexity index is 1100. The molecule has 2 heterocycles. The van der Waals surface area contributed by atoms with Gasteiger partial charge in [0.25, 0.3) is 0 Å². The van der Waals surface area contributed by atoms with E-state index in [-0.39, 0.29) is 5.41 Å². The summed E-state index contributed by atoms with van der Waals surface area (Å²) in [6, 6.07) is 17.8. The first-order valence-corrected chi connectivity index (χ1v) is 9.22. The summed E-state index contributed by atoms with van der Waals surface area (Å²) < 4.78 is 1.79. The number of hydrogen-bond donors (Lipinski definition) is 0. The minimum Gasteiger partial charge on any atom is -0.230 e. The van der Waals surface area contributed by atoms with Gasteiger partial charge in [-0.2, -0.15) is 0 Å². The Morgan fingerprint density at radius 1 is 0.926 bits per heavy atom. The highest BCUT2D eigenvalue weighted by Crippen LogP contribution is 2.29. The van der Waals surface area contributed by atoms with E-state index >= 15 is 0 Å². The maximum absolute atomic E-state index is 6.33. The molecule has 27 heavy (non-hydrogen) atoms. The van der Waals surface area contributed by atoms with Gasteiger partial charge in [0.05, 0.1) is 6.54 Å². The minimum absolute atomic E-state index is 0.197. The van der Waals surface area contributed by atoms with E-state index in [1.807, 2.05) is 54.6 Å². The Morgan fingerprint density at radius 2 is 1.63 bits per heavy atom. The van der Waals surface area contributed by atoms with E-state index in [0.717, 1.165) is 22.6 Å². The highest BCUT2D eigenvalue weighted by atomic mass is 35.5. The fraction of sp³-hybridized carbons (Fsp3) is 0.238. The van der Waals surface area contributed by atoms with E-state index in [0.29, 0.717) is 22.7 Å². The van der Waals surface area contributed by atoms with Gasteiger partial charge in [-0.3, -0.25) is 0 Å². The van der Waals surface area contributed by atoms with Gasteiger partial charge >= 0.3 is 0 Å². The normalized spacial score (nSPS) is 11.9. The van der Waals surface area contributed by atoms with Crippen molar-refractivity contribution in [3.63, 3.8) is 0 Å². The molecule has 0 aliphatic heterocycles. The Labute approximate surface area is 163 Å². The van der Waals surface area contributed by atoms with Gasteiger partial charge in [-0.15, -0.1) is 5.10 Å². The Morgan fingerprint density at radius 3 is 2.33 bits per heavy atom. The van der Waals surface area contributed by atoms with Crippen molar-refractivity contribution in [3.8, 4) is 11.3 Å². The van der Waals surface area contributed by atoms with E-state index in [2.05, 4.69) is 31.1 Å². The van der Waals surface area contributed by atoms with E-state index in [9.17, 15) is 0 Å². The lowest BCUT2D eigenvalue weighted by molar-refractivity contribution is 0.546. The van der Waals surface area contributed by atoms with Crippen LogP contribution in [0.5, 0.6) is 0 Å². The molecular formula is C21H20ClN5. The summed E-state index contributed by atoms with van der Waals surface area (Å²) in [6.07, 6.45) is 0. The van der Waals surface area contributed by atoms with Crippen LogP contribution in [0, 0.1) is 0 Å². The quantitative estimate of drug-likeness (QED) is 0.510. The number of benzene rings is 2. The van der Waals surface area contributed by atoms with E-state index in [4.69, 9.17) is 21.6 Å². The second-order valence-electron chi connectivity index (χ2n) is 7.52. The number of fused-ring (bicyclic) bond motifs is 1. The van der Waals surface area contributed by atoms with Crippen LogP contribution in [-0.4, -0.2) is 25.0 Å². The molecule has 0 fully saturated rings. The molecule has 6 heteroatoms. The van der Waals surface area contributed by atoms with Gasteiger partial charge in [0.1, 0.15) is 11.5 Å². The first-order chi connectivity index (χ1) is 12.9. The third-order valence-corrected chi connectivity index (χ3v) is 4.73. The molecule has 0 saturated carbocycles. The maximum Gasteiger partial charge on any atom is 0.182 e. The van der Waals surface area contributed by atoms with Crippen molar-refractivity contribution in [1.82, 2.24) is 25.0 Å². The Hall–Kier alpha value is -2.79. The monoisotopic (exact) mass is 377 g/mol. The molecule has 4 aromatic rings. The third-order valence-electron chi connectivity index (χ3n) is 4.36. The van der Waals surface area contributed by atoms with Crippen LogP contribution >= 0.6 is 11.6 Å². The molecule has 4 rings (SSSR count). The van der Waals surface area contributed by atoms with Gasteiger partial charge in [0.15, 0.2) is 11.2 Å². The van der Waals surface area contributed by atoms with Gasteiger partial charge < -0.3 is 0 Å². The van der Waals surface area contributed by atoms with Crippen molar-refractivity contribution >= 4 is 22.8 Å². The summed E-state index contributed by atoms with van der Waals surface area (Å²) in [4.78, 5) is 9.63. The largest absolute Gasteiger partial charge is 0.230 e. The van der Waals surface area contributed by atoms with Gasteiger partial charge in [0.2, 0.25) is 0 Å². The van der Waals surface area contributed by atoms with Crippen LogP contribution in [0.1, 0.15) is 32.2 Å². The zero-order valence-corrected chi connectivity index (χ0v) is 16.3. The van der Waals surface area contributed by atoms with Gasteiger partial charge in [-0.25, -0.2) is 14.6 Å². The summed E-state index contributed by atoms with van der Waals surface area (Å²) in [5, 5.41) is 9.44. The first kappa shape index (κ1) is 17.6. The lowest BCUT2D eigenvalue weighted by atomic mass is 9.95. The second-order valence-corrected chi connectivity index (χ2v) is 7.93. The van der Waals surface area contributed by atoms with Crippen LogP contribution in [0.2, 0.25) is 5.02 Å². The molecule has 0 spiro atoms. The predicted octanol–water partition coefficient (Wildman–Crippen LogP) is 4.89. The fourth-order valence-electron chi connectivity index (χ4n) is 2.88. The number of aromatic nitrogens is 5. The molecule has 0 atom stereocenters. The molecule has 0 unspecified atom stereocenters. The number of hydrogen-bond acceptors (Lipinski definition) is 4. The SMILES string of the molecule is CC(C)(C)c1nc(-c2ccccc2)c2nnn(Cc3ccccc3Cl)c2n1. The molecule has 0 N–H and O–H groups in total. The summed E-state index contributed by atoms with van der Waals surface area (Å²) in [5.41, 5.74) is 3.99. The van der Waals surface area contributed by atoms with Crippen LogP contribution < -0.4 is 0 Å². The molecule has 2 aromatic heterocycles. The Balaban J connectivity index is 1.92. The molecule has 0 aliphatic carbocycles. The van der Waals surface area contributed by atoms with E-state index in [1.165, 1.54) is 0 Å². The molecule has 0 radical (unpaired) electrons. The van der Waals surface area contributed by atoms with E-state index < -0.39 is 0 Å². The average molecular weight is 378 g/mol. The molecule has 0 amide bonds. The molecule has 0 aliphatic rings. The lowest BCUT2D eigenvalue weighted by Crippen LogP contribution is -2.17. The summed E-state index contributed by atoms with van der Waals surface area (Å²) in [6.45, 7) is 6.81. The molecule has 5 nitrogen and oxygen atoms in total. The lowest BCUT2D eigenvalue weighted by Gasteiger charge is -2.17. The molecule has 0 saturated heterocycles.